The lowest BCUT2D eigenvalue weighted by Crippen LogP contribution is -2.39. The first kappa shape index (κ1) is 24.7. The number of nitrogens with one attached hydrogen (secondary N) is 1. The zero-order valence-electron chi connectivity index (χ0n) is 21.3. The molecule has 2 aromatic heterocycles. The third-order valence-electron chi connectivity index (χ3n) is 7.28. The number of nitrogens with zero attached hydrogens (tertiary/aromatic N) is 4. The molecule has 3 aromatic rings. The number of aryl methyl sites for hydroxylation is 1. The Labute approximate surface area is 219 Å². The summed E-state index contributed by atoms with van der Waals surface area (Å²) in [5.41, 5.74) is 5.76. The van der Waals surface area contributed by atoms with Crippen LogP contribution in [0.15, 0.2) is 54.7 Å². The second-order valence-corrected chi connectivity index (χ2v) is 9.88. The van der Waals surface area contributed by atoms with E-state index < -0.39 is 0 Å². The van der Waals surface area contributed by atoms with E-state index in [9.17, 15) is 0 Å². The van der Waals surface area contributed by atoms with Crippen LogP contribution in [0.1, 0.15) is 41.1 Å². The molecule has 1 N–H and O–H groups in total. The molecule has 0 aliphatic carbocycles. The van der Waals surface area contributed by atoms with Gasteiger partial charge in [-0.3, -0.25) is 9.88 Å². The van der Waals surface area contributed by atoms with E-state index in [1.165, 1.54) is 17.0 Å². The molecule has 1 aromatic carbocycles. The molecule has 0 bridgehead atoms. The lowest BCUT2D eigenvalue weighted by molar-refractivity contribution is 0.0365. The van der Waals surface area contributed by atoms with Gasteiger partial charge in [0.2, 0.25) is 0 Å². The van der Waals surface area contributed by atoms with Crippen molar-refractivity contribution in [2.24, 2.45) is 0 Å². The fraction of sp³-hybridized carbons (Fsp3) is 0.429. The van der Waals surface area contributed by atoms with Gasteiger partial charge in [0, 0.05) is 55.5 Å². The molecule has 0 saturated carbocycles. The lowest BCUT2D eigenvalue weighted by atomic mass is 9.96. The van der Waals surface area contributed by atoms with Crippen molar-refractivity contribution in [3.05, 3.63) is 77.4 Å². The number of hydrogen-bond donors (Lipinski definition) is 1. The van der Waals surface area contributed by atoms with Crippen LogP contribution in [0.5, 0.6) is 5.75 Å². The smallest absolute Gasteiger partial charge is 0.170 e. The molecule has 0 amide bonds. The van der Waals surface area contributed by atoms with E-state index in [4.69, 9.17) is 26.7 Å². The molecule has 190 valence electrons. The summed E-state index contributed by atoms with van der Waals surface area (Å²) in [6, 6.07) is 16.7. The number of pyridine rings is 1. The zero-order valence-corrected chi connectivity index (χ0v) is 22.1. The largest absolute Gasteiger partial charge is 0.497 e. The molecule has 4 heterocycles. The highest BCUT2D eigenvalue weighted by atomic mass is 32.1. The molecule has 8 heteroatoms. The van der Waals surface area contributed by atoms with E-state index in [1.807, 2.05) is 30.5 Å². The SMILES string of the molecule is COc1cccc(-n2c(C)cc(C3C(c4ccccn4)NC(=S)N3CCCN3CCOCC3)c2C)c1. The van der Waals surface area contributed by atoms with Crippen molar-refractivity contribution < 1.29 is 9.47 Å². The Kier molecular flexibility index (Phi) is 7.55. The van der Waals surface area contributed by atoms with Crippen LogP contribution in [0.2, 0.25) is 0 Å². The Morgan fingerprint density at radius 1 is 1.08 bits per heavy atom. The van der Waals surface area contributed by atoms with Gasteiger partial charge in [0.05, 0.1) is 38.1 Å². The van der Waals surface area contributed by atoms with Gasteiger partial charge in [-0.15, -0.1) is 0 Å². The van der Waals surface area contributed by atoms with E-state index in [0.29, 0.717) is 0 Å². The van der Waals surface area contributed by atoms with E-state index in [0.717, 1.165) is 68.1 Å². The van der Waals surface area contributed by atoms with Crippen LogP contribution in [0, 0.1) is 13.8 Å². The van der Waals surface area contributed by atoms with Gasteiger partial charge in [0.15, 0.2) is 5.11 Å². The molecule has 36 heavy (non-hydrogen) atoms. The topological polar surface area (TPSA) is 54.8 Å². The zero-order chi connectivity index (χ0) is 25.1. The van der Waals surface area contributed by atoms with Crippen LogP contribution in [0.4, 0.5) is 0 Å². The van der Waals surface area contributed by atoms with Crippen LogP contribution in [0.3, 0.4) is 0 Å². The normalized spacial score (nSPS) is 20.5. The maximum atomic E-state index is 5.90. The summed E-state index contributed by atoms with van der Waals surface area (Å²) < 4.78 is 13.3. The van der Waals surface area contributed by atoms with E-state index in [-0.39, 0.29) is 12.1 Å². The molecule has 2 aliphatic heterocycles. The quantitative estimate of drug-likeness (QED) is 0.461. The van der Waals surface area contributed by atoms with Crippen LogP contribution in [-0.2, 0) is 4.74 Å². The Balaban J connectivity index is 1.48. The fourth-order valence-electron chi connectivity index (χ4n) is 5.51. The van der Waals surface area contributed by atoms with Crippen molar-refractivity contribution in [1.82, 2.24) is 24.7 Å². The van der Waals surface area contributed by atoms with Crippen LogP contribution < -0.4 is 10.1 Å². The van der Waals surface area contributed by atoms with Gasteiger partial charge in [-0.25, -0.2) is 0 Å². The number of thiocarbonyl (C=S) groups is 1. The van der Waals surface area contributed by atoms with Crippen LogP contribution >= 0.6 is 12.2 Å². The summed E-state index contributed by atoms with van der Waals surface area (Å²) >= 11 is 5.90. The highest BCUT2D eigenvalue weighted by Crippen LogP contribution is 2.41. The minimum atomic E-state index is -0.0126. The molecule has 7 nitrogen and oxygen atoms in total. The van der Waals surface area contributed by atoms with Crippen LogP contribution in [-0.4, -0.2) is 71.0 Å². The number of benzene rings is 1. The standard InChI is InChI=1S/C28H35N5O2S/c1-20-18-24(21(2)33(20)22-8-6-9-23(19-22)34-3)27-26(25-10-4-5-11-29-25)30-28(36)32(27)13-7-12-31-14-16-35-17-15-31/h4-6,8-11,18-19,26-27H,7,12-17H2,1-3H3,(H,30,36). The van der Waals surface area contributed by atoms with Gasteiger partial charge in [-0.05, 0) is 68.4 Å². The maximum Gasteiger partial charge on any atom is 0.170 e. The number of aromatic nitrogens is 2. The van der Waals surface area contributed by atoms with Gasteiger partial charge in [-0.1, -0.05) is 12.1 Å². The van der Waals surface area contributed by atoms with E-state index in [2.05, 4.69) is 57.8 Å². The third-order valence-corrected chi connectivity index (χ3v) is 7.63. The molecule has 2 saturated heterocycles. The average Bonchev–Trinajstić information content (AvgIpc) is 3.39. The average molecular weight is 506 g/mol. The van der Waals surface area contributed by atoms with Crippen molar-refractivity contribution in [3.63, 3.8) is 0 Å². The Bertz CT molecular complexity index is 1190. The highest BCUT2D eigenvalue weighted by Gasteiger charge is 2.41. The van der Waals surface area contributed by atoms with Gasteiger partial charge < -0.3 is 24.3 Å². The Hall–Kier alpha value is -2.94. The minimum absolute atomic E-state index is 0.0126. The second-order valence-electron chi connectivity index (χ2n) is 9.49. The molecule has 2 unspecified atom stereocenters. The van der Waals surface area contributed by atoms with Gasteiger partial charge >= 0.3 is 0 Å². The van der Waals surface area contributed by atoms with Crippen molar-refractivity contribution >= 4 is 17.3 Å². The number of hydrogen-bond acceptors (Lipinski definition) is 5. The number of ether oxygens (including phenoxy) is 2. The monoisotopic (exact) mass is 505 g/mol. The van der Waals surface area contributed by atoms with Crippen molar-refractivity contribution in [1.29, 1.82) is 0 Å². The summed E-state index contributed by atoms with van der Waals surface area (Å²) in [5, 5.41) is 4.40. The molecule has 0 radical (unpaired) electrons. The predicted octanol–water partition coefficient (Wildman–Crippen LogP) is 4.19. The lowest BCUT2D eigenvalue weighted by Gasteiger charge is -2.30. The molecule has 5 rings (SSSR count). The first-order chi connectivity index (χ1) is 17.6. The molecule has 2 fully saturated rings. The Morgan fingerprint density at radius 3 is 2.67 bits per heavy atom. The van der Waals surface area contributed by atoms with Crippen LogP contribution in [0.25, 0.3) is 5.69 Å². The number of morpholine rings is 1. The third kappa shape index (κ3) is 4.98. The maximum absolute atomic E-state index is 5.90. The van der Waals surface area contributed by atoms with E-state index >= 15 is 0 Å². The fourth-order valence-corrected chi connectivity index (χ4v) is 5.84. The van der Waals surface area contributed by atoms with Crippen molar-refractivity contribution in [2.45, 2.75) is 32.4 Å². The highest BCUT2D eigenvalue weighted by molar-refractivity contribution is 7.80. The number of methoxy groups -OCH3 is 1. The minimum Gasteiger partial charge on any atom is -0.497 e. The number of rotatable bonds is 8. The predicted molar refractivity (Wildman–Crippen MR) is 146 cm³/mol. The summed E-state index contributed by atoms with van der Waals surface area (Å²) in [7, 11) is 1.71. The second kappa shape index (κ2) is 11.0. The van der Waals surface area contributed by atoms with Crippen molar-refractivity contribution in [3.8, 4) is 11.4 Å². The summed E-state index contributed by atoms with van der Waals surface area (Å²) in [5.74, 6) is 0.848. The molecular formula is C28H35N5O2S. The summed E-state index contributed by atoms with van der Waals surface area (Å²) in [6.07, 6.45) is 2.90. The van der Waals surface area contributed by atoms with Crippen molar-refractivity contribution in [2.75, 3.05) is 46.5 Å². The molecule has 0 spiro atoms. The van der Waals surface area contributed by atoms with Gasteiger partial charge in [0.25, 0.3) is 0 Å². The van der Waals surface area contributed by atoms with Gasteiger partial charge in [-0.2, -0.15) is 0 Å². The van der Waals surface area contributed by atoms with Gasteiger partial charge in [0.1, 0.15) is 5.75 Å². The molecular weight excluding hydrogens is 470 g/mol. The Morgan fingerprint density at radius 2 is 1.92 bits per heavy atom. The summed E-state index contributed by atoms with van der Waals surface area (Å²) in [4.78, 5) is 9.55. The van der Waals surface area contributed by atoms with E-state index in [1.54, 1.807) is 7.11 Å². The first-order valence-electron chi connectivity index (χ1n) is 12.7. The first-order valence-corrected chi connectivity index (χ1v) is 13.1. The molecule has 2 atom stereocenters. The summed E-state index contributed by atoms with van der Waals surface area (Å²) in [6.45, 7) is 9.95. The molecule has 2 aliphatic rings.